The number of fused-ring (bicyclic) bond motifs is 1. The highest BCUT2D eigenvalue weighted by Crippen LogP contribution is 2.40. The summed E-state index contributed by atoms with van der Waals surface area (Å²) in [7, 11) is 3.96. The summed E-state index contributed by atoms with van der Waals surface area (Å²) < 4.78 is 39.6. The van der Waals surface area contributed by atoms with Crippen LogP contribution in [0.2, 0.25) is 0 Å². The van der Waals surface area contributed by atoms with Gasteiger partial charge in [-0.1, -0.05) is 0 Å². The number of pyridine rings is 1. The zero-order valence-electron chi connectivity index (χ0n) is 16.4. The minimum absolute atomic E-state index is 0.101. The lowest BCUT2D eigenvalue weighted by Gasteiger charge is -2.35. The van der Waals surface area contributed by atoms with E-state index in [4.69, 9.17) is 9.47 Å². The molecule has 0 fully saturated rings. The Hall–Kier alpha value is -3.43. The van der Waals surface area contributed by atoms with E-state index >= 15 is 0 Å². The van der Waals surface area contributed by atoms with Crippen molar-refractivity contribution in [3.05, 3.63) is 41.2 Å². The molecule has 0 atom stereocenters. The largest absolute Gasteiger partial charge is 0.493 e. The highest BCUT2D eigenvalue weighted by molar-refractivity contribution is 6.06. The highest BCUT2D eigenvalue weighted by atomic mass is 19.1. The molecule has 3 amide bonds. The number of benzene rings is 1. The lowest BCUT2D eigenvalue weighted by Crippen LogP contribution is -2.46. The third-order valence-corrected chi connectivity index (χ3v) is 4.57. The lowest BCUT2D eigenvalue weighted by molar-refractivity contribution is -0.119. The van der Waals surface area contributed by atoms with E-state index in [0.717, 1.165) is 11.0 Å². The molecule has 29 heavy (non-hydrogen) atoms. The summed E-state index contributed by atoms with van der Waals surface area (Å²) in [5, 5.41) is 2.63. The van der Waals surface area contributed by atoms with E-state index in [1.165, 1.54) is 39.3 Å². The molecule has 0 spiro atoms. The third kappa shape index (κ3) is 3.65. The molecule has 0 saturated carbocycles. The van der Waals surface area contributed by atoms with Gasteiger partial charge in [-0.05, 0) is 6.07 Å². The van der Waals surface area contributed by atoms with Gasteiger partial charge in [0.1, 0.15) is 5.69 Å². The van der Waals surface area contributed by atoms with Gasteiger partial charge in [-0.25, -0.2) is 13.6 Å². The van der Waals surface area contributed by atoms with Gasteiger partial charge in [-0.15, -0.1) is 0 Å². The predicted molar refractivity (Wildman–Crippen MR) is 101 cm³/mol. The van der Waals surface area contributed by atoms with E-state index < -0.39 is 23.4 Å². The van der Waals surface area contributed by atoms with Crippen molar-refractivity contribution in [1.82, 2.24) is 10.3 Å². The van der Waals surface area contributed by atoms with E-state index in [-0.39, 0.29) is 30.5 Å². The molecule has 0 aliphatic carbocycles. The first-order valence-electron chi connectivity index (χ1n) is 8.65. The number of hydrogen-bond acceptors (Lipinski definition) is 5. The molecule has 8 nitrogen and oxygen atoms in total. The molecule has 2 heterocycles. The normalized spacial score (nSPS) is 13.2. The summed E-state index contributed by atoms with van der Waals surface area (Å²) in [4.78, 5) is 30.5. The van der Waals surface area contributed by atoms with Gasteiger partial charge in [-0.2, -0.15) is 0 Å². The number of carbonyl (C=O) groups excluding carboxylic acids is 2. The van der Waals surface area contributed by atoms with Crippen LogP contribution in [0.3, 0.4) is 0 Å². The van der Waals surface area contributed by atoms with Crippen molar-refractivity contribution in [3.63, 3.8) is 0 Å². The number of urea groups is 1. The van der Waals surface area contributed by atoms with Gasteiger partial charge in [0.25, 0.3) is 0 Å². The fourth-order valence-corrected chi connectivity index (χ4v) is 3.07. The van der Waals surface area contributed by atoms with E-state index in [1.54, 1.807) is 6.07 Å². The van der Waals surface area contributed by atoms with Crippen molar-refractivity contribution < 1.29 is 27.8 Å². The van der Waals surface area contributed by atoms with Crippen LogP contribution in [-0.2, 0) is 17.9 Å². The molecule has 154 valence electrons. The van der Waals surface area contributed by atoms with Crippen LogP contribution in [0.25, 0.3) is 0 Å². The third-order valence-electron chi connectivity index (χ3n) is 4.57. The van der Waals surface area contributed by atoms with Crippen LogP contribution >= 0.6 is 0 Å². The van der Waals surface area contributed by atoms with Gasteiger partial charge in [-0.3, -0.25) is 19.6 Å². The predicted octanol–water partition coefficient (Wildman–Crippen LogP) is 2.59. The monoisotopic (exact) mass is 406 g/mol. The van der Waals surface area contributed by atoms with E-state index in [9.17, 15) is 18.4 Å². The fourth-order valence-electron chi connectivity index (χ4n) is 3.07. The number of nitrogens with one attached hydrogen (secondary N) is 1. The Morgan fingerprint density at radius 1 is 1.21 bits per heavy atom. The van der Waals surface area contributed by atoms with E-state index in [2.05, 4.69) is 10.3 Å². The Morgan fingerprint density at radius 2 is 1.83 bits per heavy atom. The SMILES string of the molecule is COc1cc(OC)c(F)c(N2Cc3cnc(CNC(C)=O)cc3N(C)C2=O)c1F. The molecule has 1 aromatic carbocycles. The van der Waals surface area contributed by atoms with E-state index in [1.807, 2.05) is 0 Å². The molecule has 0 radical (unpaired) electrons. The molecule has 0 saturated heterocycles. The van der Waals surface area contributed by atoms with Gasteiger partial charge >= 0.3 is 6.03 Å². The lowest BCUT2D eigenvalue weighted by atomic mass is 10.1. The Bertz CT molecular complexity index is 955. The highest BCUT2D eigenvalue weighted by Gasteiger charge is 2.35. The fraction of sp³-hybridized carbons (Fsp3) is 0.316. The topological polar surface area (TPSA) is 84.0 Å². The van der Waals surface area contributed by atoms with Crippen LogP contribution in [0.5, 0.6) is 11.5 Å². The number of anilines is 2. The Balaban J connectivity index is 2.04. The number of amides is 3. The molecule has 0 bridgehead atoms. The molecular weight excluding hydrogens is 386 g/mol. The van der Waals surface area contributed by atoms with Crippen LogP contribution in [0.15, 0.2) is 18.3 Å². The van der Waals surface area contributed by atoms with Gasteiger partial charge in [0.05, 0.1) is 38.7 Å². The first-order valence-corrected chi connectivity index (χ1v) is 8.65. The summed E-state index contributed by atoms with van der Waals surface area (Å²) in [5.74, 6) is -2.72. The molecule has 10 heteroatoms. The quantitative estimate of drug-likeness (QED) is 0.825. The maximum Gasteiger partial charge on any atom is 0.329 e. The molecule has 0 unspecified atom stereocenters. The van der Waals surface area contributed by atoms with Crippen molar-refractivity contribution in [2.45, 2.75) is 20.0 Å². The number of methoxy groups -OCH3 is 2. The second-order valence-electron chi connectivity index (χ2n) is 6.40. The average molecular weight is 406 g/mol. The first kappa shape index (κ1) is 20.3. The second kappa shape index (κ2) is 7.90. The summed E-state index contributed by atoms with van der Waals surface area (Å²) in [6.45, 7) is 1.48. The number of ether oxygens (including phenoxy) is 2. The van der Waals surface area contributed by atoms with Gasteiger partial charge in [0.15, 0.2) is 23.1 Å². The number of carbonyl (C=O) groups is 2. The summed E-state index contributed by atoms with van der Waals surface area (Å²) in [6, 6.07) is 2.09. The summed E-state index contributed by atoms with van der Waals surface area (Å²) >= 11 is 0. The van der Waals surface area contributed by atoms with Gasteiger partial charge < -0.3 is 14.8 Å². The summed E-state index contributed by atoms with van der Waals surface area (Å²) in [6.07, 6.45) is 1.51. The van der Waals surface area contributed by atoms with Crippen molar-refractivity contribution in [2.24, 2.45) is 0 Å². The minimum Gasteiger partial charge on any atom is -0.493 e. The van der Waals surface area contributed by atoms with Crippen LogP contribution in [0.1, 0.15) is 18.2 Å². The van der Waals surface area contributed by atoms with Crippen LogP contribution < -0.4 is 24.6 Å². The molecule has 1 aliphatic heterocycles. The Morgan fingerprint density at radius 3 is 2.38 bits per heavy atom. The maximum atomic E-state index is 14.9. The number of aromatic nitrogens is 1. The molecule has 2 aromatic rings. The zero-order chi connectivity index (χ0) is 21.3. The molecule has 1 N–H and O–H groups in total. The Labute approximate surface area is 166 Å². The molecule has 1 aliphatic rings. The van der Waals surface area contributed by atoms with Gasteiger partial charge in [0.2, 0.25) is 5.91 Å². The second-order valence-corrected chi connectivity index (χ2v) is 6.40. The number of halogens is 2. The van der Waals surface area contributed by atoms with Crippen molar-refractivity contribution >= 4 is 23.3 Å². The van der Waals surface area contributed by atoms with Crippen molar-refractivity contribution in [1.29, 1.82) is 0 Å². The zero-order valence-corrected chi connectivity index (χ0v) is 16.4. The number of hydrogen-bond donors (Lipinski definition) is 1. The van der Waals surface area contributed by atoms with Crippen molar-refractivity contribution in [3.8, 4) is 11.5 Å². The standard InChI is InChI=1S/C19H20F2N4O4/c1-10(26)22-8-12-5-13-11(7-23-12)9-25(19(27)24(13)2)18-16(20)14(28-3)6-15(29-4)17(18)21/h5-7H,8-9H2,1-4H3,(H,22,26). The first-order chi connectivity index (χ1) is 13.8. The minimum atomic E-state index is -1.01. The maximum absolute atomic E-state index is 14.9. The van der Waals surface area contributed by atoms with Crippen LogP contribution in [0.4, 0.5) is 25.0 Å². The molecule has 1 aromatic heterocycles. The van der Waals surface area contributed by atoms with Gasteiger partial charge in [0, 0.05) is 31.8 Å². The molecule has 3 rings (SSSR count). The van der Waals surface area contributed by atoms with Crippen LogP contribution in [0, 0.1) is 11.6 Å². The Kier molecular flexibility index (Phi) is 5.53. The summed E-state index contributed by atoms with van der Waals surface area (Å²) in [5.41, 5.74) is 1.11. The van der Waals surface area contributed by atoms with Crippen LogP contribution in [-0.4, -0.2) is 38.2 Å². The average Bonchev–Trinajstić information content (AvgIpc) is 2.70. The smallest absolute Gasteiger partial charge is 0.329 e. The number of nitrogens with zero attached hydrogens (tertiary/aromatic N) is 3. The molecular formula is C19H20F2N4O4. The number of rotatable bonds is 5. The van der Waals surface area contributed by atoms with Crippen molar-refractivity contribution in [2.75, 3.05) is 31.1 Å². The van der Waals surface area contributed by atoms with E-state index in [0.29, 0.717) is 16.9 Å².